The predicted molar refractivity (Wildman–Crippen MR) is 73.6 cm³/mol. The summed E-state index contributed by atoms with van der Waals surface area (Å²) in [6.07, 6.45) is 1.57. The van der Waals surface area contributed by atoms with Crippen LogP contribution >= 0.6 is 0 Å². The van der Waals surface area contributed by atoms with Crippen LogP contribution < -0.4 is 10.6 Å². The molecule has 0 aromatic heterocycles. The molecule has 0 aliphatic carbocycles. The Balaban J connectivity index is 2.58. The number of hydrogen-bond donors (Lipinski definition) is 3. The van der Waals surface area contributed by atoms with Crippen LogP contribution in [0.25, 0.3) is 0 Å². The minimum Gasteiger partial charge on any atom is -0.396 e. The molecule has 0 fully saturated rings. The smallest absolute Gasteiger partial charge is 0.228 e. The molecule has 100 valence electrons. The monoisotopic (exact) mass is 250 g/mol. The topological polar surface area (TPSA) is 61.4 Å². The second kappa shape index (κ2) is 7.84. The van der Waals surface area contributed by atoms with E-state index in [4.69, 9.17) is 5.11 Å². The highest BCUT2D eigenvalue weighted by Crippen LogP contribution is 2.13. The fourth-order valence-corrected chi connectivity index (χ4v) is 1.75. The molecular weight excluding hydrogens is 228 g/mol. The minimum atomic E-state index is -0.0592. The summed E-state index contributed by atoms with van der Waals surface area (Å²) in [6.45, 7) is 2.74. The number of anilines is 1. The van der Waals surface area contributed by atoms with Gasteiger partial charge in [-0.3, -0.25) is 4.79 Å². The molecule has 1 atom stereocenters. The second-order valence-corrected chi connectivity index (χ2v) is 4.48. The van der Waals surface area contributed by atoms with E-state index >= 15 is 0 Å². The Kier molecular flexibility index (Phi) is 6.39. The highest BCUT2D eigenvalue weighted by molar-refractivity contribution is 5.92. The van der Waals surface area contributed by atoms with Crippen LogP contribution in [0.1, 0.15) is 18.9 Å². The zero-order chi connectivity index (χ0) is 13.4. The molecule has 4 heteroatoms. The Labute approximate surface area is 108 Å². The van der Waals surface area contributed by atoms with E-state index in [1.807, 2.05) is 38.2 Å². The molecule has 1 rings (SSSR count). The molecule has 1 aromatic carbocycles. The van der Waals surface area contributed by atoms with Crippen molar-refractivity contribution < 1.29 is 9.90 Å². The van der Waals surface area contributed by atoms with Crippen LogP contribution in [0.2, 0.25) is 0 Å². The standard InChI is InChI=1S/C14H22N2O2/c1-11(10-15-2)14(18)16-13-7-3-5-12(9-13)6-4-8-17/h3,5,7,9,11,15,17H,4,6,8,10H2,1-2H3,(H,16,18). The molecular formula is C14H22N2O2. The Morgan fingerprint density at radius 1 is 1.44 bits per heavy atom. The molecule has 0 aliphatic rings. The molecule has 1 aromatic rings. The van der Waals surface area contributed by atoms with E-state index in [2.05, 4.69) is 10.6 Å². The van der Waals surface area contributed by atoms with E-state index in [1.165, 1.54) is 0 Å². The van der Waals surface area contributed by atoms with Gasteiger partial charge in [-0.1, -0.05) is 19.1 Å². The lowest BCUT2D eigenvalue weighted by molar-refractivity contribution is -0.119. The van der Waals surface area contributed by atoms with Crippen molar-refractivity contribution in [3.05, 3.63) is 29.8 Å². The summed E-state index contributed by atoms with van der Waals surface area (Å²) >= 11 is 0. The van der Waals surface area contributed by atoms with Gasteiger partial charge in [0.25, 0.3) is 0 Å². The maximum absolute atomic E-state index is 11.8. The number of hydrogen-bond acceptors (Lipinski definition) is 3. The first-order valence-electron chi connectivity index (χ1n) is 6.32. The van der Waals surface area contributed by atoms with Gasteiger partial charge in [-0.25, -0.2) is 0 Å². The number of rotatable bonds is 7. The first-order valence-corrected chi connectivity index (χ1v) is 6.32. The lowest BCUT2D eigenvalue weighted by Crippen LogP contribution is -2.28. The molecule has 0 aliphatic heterocycles. The van der Waals surface area contributed by atoms with Crippen LogP contribution in [0.15, 0.2) is 24.3 Å². The first kappa shape index (κ1) is 14.7. The van der Waals surface area contributed by atoms with Crippen molar-refractivity contribution in [2.45, 2.75) is 19.8 Å². The van der Waals surface area contributed by atoms with E-state index < -0.39 is 0 Å². The number of benzene rings is 1. The lowest BCUT2D eigenvalue weighted by Gasteiger charge is -2.12. The van der Waals surface area contributed by atoms with E-state index in [1.54, 1.807) is 0 Å². The number of aliphatic hydroxyl groups excluding tert-OH is 1. The molecule has 18 heavy (non-hydrogen) atoms. The van der Waals surface area contributed by atoms with Crippen LogP contribution in [-0.2, 0) is 11.2 Å². The third kappa shape index (κ3) is 4.85. The molecule has 0 bridgehead atoms. The Hall–Kier alpha value is -1.39. The summed E-state index contributed by atoms with van der Waals surface area (Å²) in [5.41, 5.74) is 1.95. The van der Waals surface area contributed by atoms with Crippen molar-refractivity contribution in [3.63, 3.8) is 0 Å². The molecule has 1 unspecified atom stereocenters. The number of carbonyl (C=O) groups is 1. The fraction of sp³-hybridized carbons (Fsp3) is 0.500. The quantitative estimate of drug-likeness (QED) is 0.685. The molecule has 0 spiro atoms. The van der Waals surface area contributed by atoms with Gasteiger partial charge >= 0.3 is 0 Å². The number of amides is 1. The maximum atomic E-state index is 11.8. The van der Waals surface area contributed by atoms with Gasteiger partial charge in [-0.15, -0.1) is 0 Å². The van der Waals surface area contributed by atoms with E-state index in [9.17, 15) is 4.79 Å². The van der Waals surface area contributed by atoms with Crippen molar-refractivity contribution in [1.82, 2.24) is 5.32 Å². The van der Waals surface area contributed by atoms with Crippen molar-refractivity contribution in [3.8, 4) is 0 Å². The van der Waals surface area contributed by atoms with Gasteiger partial charge in [0.1, 0.15) is 0 Å². The van der Waals surface area contributed by atoms with Gasteiger partial charge in [0.15, 0.2) is 0 Å². The number of nitrogens with one attached hydrogen (secondary N) is 2. The molecule has 0 radical (unpaired) electrons. The van der Waals surface area contributed by atoms with E-state index in [-0.39, 0.29) is 18.4 Å². The van der Waals surface area contributed by atoms with Crippen LogP contribution in [0.4, 0.5) is 5.69 Å². The van der Waals surface area contributed by atoms with Gasteiger partial charge < -0.3 is 15.7 Å². The van der Waals surface area contributed by atoms with Gasteiger partial charge in [0, 0.05) is 24.8 Å². The zero-order valence-electron chi connectivity index (χ0n) is 11.1. The molecule has 0 saturated heterocycles. The van der Waals surface area contributed by atoms with Gasteiger partial charge in [0.05, 0.1) is 0 Å². The summed E-state index contributed by atoms with van der Waals surface area (Å²) in [5.74, 6) is -0.0419. The summed E-state index contributed by atoms with van der Waals surface area (Å²) in [5, 5.41) is 14.7. The number of aryl methyl sites for hydroxylation is 1. The molecule has 4 nitrogen and oxygen atoms in total. The highest BCUT2D eigenvalue weighted by atomic mass is 16.2. The average molecular weight is 250 g/mol. The van der Waals surface area contributed by atoms with Crippen LogP contribution in [-0.4, -0.2) is 31.2 Å². The zero-order valence-corrected chi connectivity index (χ0v) is 11.1. The largest absolute Gasteiger partial charge is 0.396 e. The summed E-state index contributed by atoms with van der Waals surface area (Å²) < 4.78 is 0. The lowest BCUT2D eigenvalue weighted by atomic mass is 10.1. The highest BCUT2D eigenvalue weighted by Gasteiger charge is 2.11. The van der Waals surface area contributed by atoms with Gasteiger partial charge in [-0.05, 0) is 37.6 Å². The molecule has 0 heterocycles. The molecule has 3 N–H and O–H groups in total. The van der Waals surface area contributed by atoms with Crippen molar-refractivity contribution in [2.75, 3.05) is 25.5 Å². The van der Waals surface area contributed by atoms with E-state index in [0.29, 0.717) is 6.54 Å². The number of carbonyl (C=O) groups excluding carboxylic acids is 1. The van der Waals surface area contributed by atoms with Gasteiger partial charge in [0.2, 0.25) is 5.91 Å². The first-order chi connectivity index (χ1) is 8.67. The summed E-state index contributed by atoms with van der Waals surface area (Å²) in [6, 6.07) is 7.76. The third-order valence-corrected chi connectivity index (χ3v) is 2.78. The maximum Gasteiger partial charge on any atom is 0.228 e. The van der Waals surface area contributed by atoms with Crippen LogP contribution in [0, 0.1) is 5.92 Å². The molecule has 0 saturated carbocycles. The Morgan fingerprint density at radius 3 is 2.89 bits per heavy atom. The third-order valence-electron chi connectivity index (χ3n) is 2.78. The molecule has 1 amide bonds. The number of aliphatic hydroxyl groups is 1. The fourth-order valence-electron chi connectivity index (χ4n) is 1.75. The SMILES string of the molecule is CNCC(C)C(=O)Nc1cccc(CCCO)c1. The normalized spacial score (nSPS) is 12.2. The summed E-state index contributed by atoms with van der Waals surface area (Å²) in [7, 11) is 1.83. The predicted octanol–water partition coefficient (Wildman–Crippen LogP) is 1.41. The van der Waals surface area contributed by atoms with Crippen LogP contribution in [0.3, 0.4) is 0 Å². The Morgan fingerprint density at radius 2 is 2.22 bits per heavy atom. The Bertz CT molecular complexity index is 380. The minimum absolute atomic E-state index is 0.0173. The summed E-state index contributed by atoms with van der Waals surface area (Å²) in [4.78, 5) is 11.8. The second-order valence-electron chi connectivity index (χ2n) is 4.48. The van der Waals surface area contributed by atoms with Crippen molar-refractivity contribution >= 4 is 11.6 Å². The van der Waals surface area contributed by atoms with Gasteiger partial charge in [-0.2, -0.15) is 0 Å². The van der Waals surface area contributed by atoms with E-state index in [0.717, 1.165) is 24.1 Å². The van der Waals surface area contributed by atoms with Crippen molar-refractivity contribution in [2.24, 2.45) is 5.92 Å². The average Bonchev–Trinajstić information content (AvgIpc) is 2.37. The van der Waals surface area contributed by atoms with Crippen LogP contribution in [0.5, 0.6) is 0 Å². The van der Waals surface area contributed by atoms with Crippen molar-refractivity contribution in [1.29, 1.82) is 0 Å².